The fourth-order valence-electron chi connectivity index (χ4n) is 7.29. The van der Waals surface area contributed by atoms with E-state index in [1.807, 2.05) is 0 Å². The zero-order valence-corrected chi connectivity index (χ0v) is 30.9. The third-order valence-electron chi connectivity index (χ3n) is 10.6. The number of carbonyl (C=O) groups excluding carboxylic acids is 1. The van der Waals surface area contributed by atoms with E-state index >= 15 is 0 Å². The van der Waals surface area contributed by atoms with Gasteiger partial charge in [0.2, 0.25) is 5.91 Å². The molecule has 25 heteroatoms. The van der Waals surface area contributed by atoms with E-state index in [2.05, 4.69) is 5.32 Å². The van der Waals surface area contributed by atoms with Gasteiger partial charge in [-0.15, -0.1) is 0 Å². The lowest BCUT2D eigenvalue weighted by Crippen LogP contribution is -2.71. The second-order valence-electron chi connectivity index (χ2n) is 14.7. The fraction of sp³-hybridized carbons (Fsp3) is 0.969. The Balaban J connectivity index is 1.54. The minimum absolute atomic E-state index is 0.811. The molecule has 0 radical (unpaired) electrons. The summed E-state index contributed by atoms with van der Waals surface area (Å²) in [5, 5.41) is 150. The molecule has 5 aliphatic heterocycles. The van der Waals surface area contributed by atoms with Crippen LogP contribution in [0.3, 0.4) is 0 Å². The molecule has 5 fully saturated rings. The topological polar surface area (TPSA) is 395 Å². The molecule has 0 spiro atoms. The molecule has 1 amide bonds. The van der Waals surface area contributed by atoms with Crippen molar-refractivity contribution in [2.45, 2.75) is 174 Å². The van der Waals surface area contributed by atoms with Gasteiger partial charge in [0.25, 0.3) is 0 Å². The van der Waals surface area contributed by atoms with Crippen molar-refractivity contribution in [1.29, 1.82) is 0 Å². The van der Waals surface area contributed by atoms with Crippen LogP contribution in [-0.2, 0) is 47.4 Å². The quantitative estimate of drug-likeness (QED) is 0.0867. The van der Waals surface area contributed by atoms with Crippen LogP contribution in [0.4, 0.5) is 0 Å². The monoisotopic (exact) mass is 837 g/mol. The smallest absolute Gasteiger partial charge is 0.217 e. The summed E-state index contributed by atoms with van der Waals surface area (Å²) in [6.07, 6.45) is -42.5. The molecule has 5 rings (SSSR count). The molecule has 0 aromatic rings. The highest BCUT2D eigenvalue weighted by Gasteiger charge is 2.57. The third kappa shape index (κ3) is 9.71. The zero-order chi connectivity index (χ0) is 42.2. The number of ether oxygens (including phenoxy) is 9. The molecule has 0 aromatic carbocycles. The molecule has 0 unspecified atom stereocenters. The number of aliphatic hydroxyl groups is 14. The van der Waals surface area contributed by atoms with Crippen molar-refractivity contribution in [2.75, 3.05) is 19.8 Å². The lowest BCUT2D eigenvalue weighted by Gasteiger charge is -2.52. The number of rotatable bonds is 12. The van der Waals surface area contributed by atoms with Crippen LogP contribution in [0, 0.1) is 0 Å². The molecule has 15 N–H and O–H groups in total. The van der Waals surface area contributed by atoms with Gasteiger partial charge in [-0.05, 0) is 13.8 Å². The van der Waals surface area contributed by atoms with Crippen LogP contribution < -0.4 is 5.32 Å². The SMILES string of the molecule is CC(=O)N[C@H]1[C@H](O[C@@H]2[C@@H](O)[C@@H](O)O[C@H](CO)[C@H]2O)O[C@H](CO)[C@@H](O[C@@H]2O[C@H](CO)[C@H](O)[C@H](O)[C@H]2O[C@@H]2O[C@@H](C)[C@@H](O)[C@@H](O)[C@@H]2O)[C@@H]1O[C@@H]1O[C@@H](C)[C@@H](O)[C@@H](O)[C@@H]1O. The highest BCUT2D eigenvalue weighted by molar-refractivity contribution is 5.73. The van der Waals surface area contributed by atoms with E-state index < -0.39 is 179 Å². The van der Waals surface area contributed by atoms with E-state index in [4.69, 9.17) is 42.6 Å². The summed E-state index contributed by atoms with van der Waals surface area (Å²) >= 11 is 0. The van der Waals surface area contributed by atoms with Gasteiger partial charge in [0.05, 0.1) is 32.0 Å². The molecule has 5 aliphatic rings. The Morgan fingerprint density at radius 2 is 0.912 bits per heavy atom. The number of carbonyl (C=O) groups is 1. The second-order valence-corrected chi connectivity index (χ2v) is 14.7. The minimum atomic E-state index is -2.02. The Morgan fingerprint density at radius 1 is 0.456 bits per heavy atom. The summed E-state index contributed by atoms with van der Waals surface area (Å²) < 4.78 is 51.9. The maximum atomic E-state index is 12.7. The van der Waals surface area contributed by atoms with E-state index in [1.54, 1.807) is 0 Å². The summed E-state index contributed by atoms with van der Waals surface area (Å²) in [6.45, 7) is 0.931. The van der Waals surface area contributed by atoms with Gasteiger partial charge in [-0.25, -0.2) is 0 Å². The first-order chi connectivity index (χ1) is 26.8. The molecule has 332 valence electrons. The van der Waals surface area contributed by atoms with Crippen molar-refractivity contribution in [1.82, 2.24) is 5.32 Å². The van der Waals surface area contributed by atoms with Gasteiger partial charge in [0.15, 0.2) is 31.5 Å². The Hall–Kier alpha value is -1.45. The number of amides is 1. The maximum Gasteiger partial charge on any atom is 0.217 e. The van der Waals surface area contributed by atoms with Crippen LogP contribution in [0.1, 0.15) is 20.8 Å². The Kier molecular flexibility index (Phi) is 16.0. The molecular weight excluding hydrogens is 782 g/mol. The molecular formula is C32H55NO24. The van der Waals surface area contributed by atoms with E-state index in [-0.39, 0.29) is 0 Å². The first-order valence-corrected chi connectivity index (χ1v) is 18.3. The van der Waals surface area contributed by atoms with E-state index in [9.17, 15) is 76.3 Å². The van der Waals surface area contributed by atoms with Gasteiger partial charge in [-0.3, -0.25) is 4.79 Å². The van der Waals surface area contributed by atoms with Crippen LogP contribution in [0.15, 0.2) is 0 Å². The van der Waals surface area contributed by atoms with E-state index in [1.165, 1.54) is 13.8 Å². The van der Waals surface area contributed by atoms with Crippen LogP contribution in [0.25, 0.3) is 0 Å². The van der Waals surface area contributed by atoms with Gasteiger partial charge in [0.1, 0.15) is 110 Å². The van der Waals surface area contributed by atoms with Crippen molar-refractivity contribution in [2.24, 2.45) is 0 Å². The number of hydrogen-bond donors (Lipinski definition) is 15. The summed E-state index contributed by atoms with van der Waals surface area (Å²) in [7, 11) is 0. The Morgan fingerprint density at radius 3 is 1.42 bits per heavy atom. The van der Waals surface area contributed by atoms with Gasteiger partial charge in [-0.1, -0.05) is 0 Å². The van der Waals surface area contributed by atoms with Gasteiger partial charge in [-0.2, -0.15) is 0 Å². The van der Waals surface area contributed by atoms with Crippen LogP contribution in [0.2, 0.25) is 0 Å². The van der Waals surface area contributed by atoms with Crippen LogP contribution in [-0.4, -0.2) is 251 Å². The Bertz CT molecular complexity index is 1290. The molecule has 57 heavy (non-hydrogen) atoms. The summed E-state index contributed by atoms with van der Waals surface area (Å²) in [6, 6.07) is -1.70. The van der Waals surface area contributed by atoms with Crippen LogP contribution in [0.5, 0.6) is 0 Å². The molecule has 25 atom stereocenters. The Labute approximate surface area is 324 Å². The summed E-state index contributed by atoms with van der Waals surface area (Å²) in [5.41, 5.74) is 0. The molecule has 0 aliphatic carbocycles. The minimum Gasteiger partial charge on any atom is -0.394 e. The standard InChI is InChI=1S/C32H55NO24/c1-7-14(38)18(42)21(45)30(49-7)55-25-13(33-9(3)37)29(56-26-17(41)11(5-35)51-28(48)23(26)47)53-12(6-36)24(25)54-32-27(20(44)16(40)10(4-34)52-32)57-31-22(46)19(43)15(39)8(2)50-31/h7-8,10-32,34-36,38-48H,4-6H2,1-3H3,(H,33,37)/t7-,8-,10+,11+,12+,13+,14+,15+,16-,17+,18+,19+,20-,21-,22-,23+,24+,25+,26-,27+,28-,29-,30-,31-,32-/m0/s1. The van der Waals surface area contributed by atoms with E-state index in [0.717, 1.165) is 6.92 Å². The predicted molar refractivity (Wildman–Crippen MR) is 175 cm³/mol. The van der Waals surface area contributed by atoms with Crippen molar-refractivity contribution in [3.63, 3.8) is 0 Å². The highest BCUT2D eigenvalue weighted by atomic mass is 16.8. The normalized spacial score (nSPS) is 52.3. The first-order valence-electron chi connectivity index (χ1n) is 18.3. The fourth-order valence-corrected chi connectivity index (χ4v) is 7.29. The highest BCUT2D eigenvalue weighted by Crippen LogP contribution is 2.37. The van der Waals surface area contributed by atoms with Gasteiger partial charge >= 0.3 is 0 Å². The zero-order valence-electron chi connectivity index (χ0n) is 30.9. The lowest BCUT2D eigenvalue weighted by molar-refractivity contribution is -0.398. The molecule has 0 bridgehead atoms. The number of hydrogen-bond acceptors (Lipinski definition) is 24. The lowest BCUT2D eigenvalue weighted by atomic mass is 9.93. The predicted octanol–water partition coefficient (Wildman–Crippen LogP) is -9.73. The van der Waals surface area contributed by atoms with Crippen LogP contribution >= 0.6 is 0 Å². The van der Waals surface area contributed by atoms with Crippen molar-refractivity contribution >= 4 is 5.91 Å². The summed E-state index contributed by atoms with van der Waals surface area (Å²) in [5.74, 6) is -0.811. The van der Waals surface area contributed by atoms with Crippen molar-refractivity contribution in [3.05, 3.63) is 0 Å². The molecule has 25 nitrogen and oxygen atoms in total. The van der Waals surface area contributed by atoms with Crippen molar-refractivity contribution < 1.29 is 119 Å². The largest absolute Gasteiger partial charge is 0.394 e. The molecule has 5 heterocycles. The van der Waals surface area contributed by atoms with Gasteiger partial charge in [0, 0.05) is 6.92 Å². The molecule has 5 saturated heterocycles. The second kappa shape index (κ2) is 19.5. The third-order valence-corrected chi connectivity index (χ3v) is 10.6. The maximum absolute atomic E-state index is 12.7. The molecule has 0 aromatic heterocycles. The molecule has 0 saturated carbocycles. The summed E-state index contributed by atoms with van der Waals surface area (Å²) in [4.78, 5) is 12.7. The van der Waals surface area contributed by atoms with E-state index in [0.29, 0.717) is 0 Å². The number of nitrogens with one attached hydrogen (secondary N) is 1. The average Bonchev–Trinajstić information content (AvgIpc) is 3.18. The number of aliphatic hydroxyl groups excluding tert-OH is 14. The van der Waals surface area contributed by atoms with Gasteiger partial charge < -0.3 is 119 Å². The average molecular weight is 838 g/mol. The first kappa shape index (κ1) is 46.6. The van der Waals surface area contributed by atoms with Crippen molar-refractivity contribution in [3.8, 4) is 0 Å².